The maximum Gasteiger partial charge on any atom is 0.129 e. The van der Waals surface area contributed by atoms with Crippen molar-refractivity contribution >= 4 is 0 Å². The molecule has 2 unspecified atom stereocenters. The summed E-state index contributed by atoms with van der Waals surface area (Å²) in [5.41, 5.74) is 5.95. The van der Waals surface area contributed by atoms with Gasteiger partial charge in [0.1, 0.15) is 11.6 Å². The Labute approximate surface area is 93.4 Å². The molecule has 2 nitrogen and oxygen atoms in total. The predicted molar refractivity (Wildman–Crippen MR) is 57.0 cm³/mol. The second kappa shape index (κ2) is 4.89. The van der Waals surface area contributed by atoms with Gasteiger partial charge in [-0.15, -0.1) is 0 Å². The van der Waals surface area contributed by atoms with Gasteiger partial charge in [0, 0.05) is 18.2 Å². The summed E-state index contributed by atoms with van der Waals surface area (Å²) in [6.07, 6.45) is 1.96. The summed E-state index contributed by atoms with van der Waals surface area (Å²) >= 11 is 0. The maximum absolute atomic E-state index is 13.4. The fraction of sp³-hybridized carbons (Fsp3) is 0.500. The number of halogens is 2. The minimum atomic E-state index is -0.534. The SMILES string of the molecule is NC(Cc1c(F)cccc1F)C1CCCO1. The van der Waals surface area contributed by atoms with E-state index in [9.17, 15) is 8.78 Å². The van der Waals surface area contributed by atoms with Crippen LogP contribution in [0, 0.1) is 11.6 Å². The van der Waals surface area contributed by atoms with E-state index in [1.54, 1.807) is 0 Å². The molecule has 0 amide bonds. The Balaban J connectivity index is 2.07. The van der Waals surface area contributed by atoms with E-state index in [0.29, 0.717) is 6.61 Å². The summed E-state index contributed by atoms with van der Waals surface area (Å²) in [6, 6.07) is 3.52. The van der Waals surface area contributed by atoms with Crippen molar-refractivity contribution in [1.82, 2.24) is 0 Å². The number of hydrogen-bond acceptors (Lipinski definition) is 2. The van der Waals surface area contributed by atoms with Gasteiger partial charge in [-0.3, -0.25) is 0 Å². The Kier molecular flexibility index (Phi) is 3.51. The molecule has 2 rings (SSSR count). The van der Waals surface area contributed by atoms with Crippen molar-refractivity contribution in [2.75, 3.05) is 6.61 Å². The van der Waals surface area contributed by atoms with Crippen LogP contribution in [0.2, 0.25) is 0 Å². The summed E-state index contributed by atoms with van der Waals surface area (Å²) in [7, 11) is 0. The molecule has 1 heterocycles. The van der Waals surface area contributed by atoms with Crippen molar-refractivity contribution in [3.05, 3.63) is 35.4 Å². The maximum atomic E-state index is 13.4. The first-order chi connectivity index (χ1) is 7.68. The van der Waals surface area contributed by atoms with Crippen molar-refractivity contribution < 1.29 is 13.5 Å². The molecule has 0 saturated carbocycles. The smallest absolute Gasteiger partial charge is 0.129 e. The molecule has 1 aliphatic heterocycles. The molecule has 1 aromatic rings. The van der Waals surface area contributed by atoms with Gasteiger partial charge in [0.15, 0.2) is 0 Å². The average Bonchev–Trinajstić information content (AvgIpc) is 2.76. The molecule has 0 aromatic heterocycles. The zero-order valence-corrected chi connectivity index (χ0v) is 8.96. The van der Waals surface area contributed by atoms with Gasteiger partial charge in [0.2, 0.25) is 0 Å². The Morgan fingerprint density at radius 2 is 2.06 bits per heavy atom. The first-order valence-electron chi connectivity index (χ1n) is 5.48. The molecule has 0 radical (unpaired) electrons. The van der Waals surface area contributed by atoms with Crippen LogP contribution >= 0.6 is 0 Å². The highest BCUT2D eigenvalue weighted by molar-refractivity contribution is 5.21. The van der Waals surface area contributed by atoms with Gasteiger partial charge in [-0.1, -0.05) is 6.07 Å². The van der Waals surface area contributed by atoms with Gasteiger partial charge in [-0.2, -0.15) is 0 Å². The molecule has 2 N–H and O–H groups in total. The van der Waals surface area contributed by atoms with Gasteiger partial charge in [-0.25, -0.2) is 8.78 Å². The molecule has 1 aromatic carbocycles. The molecule has 4 heteroatoms. The van der Waals surface area contributed by atoms with Crippen molar-refractivity contribution in [3.8, 4) is 0 Å². The Morgan fingerprint density at radius 1 is 1.38 bits per heavy atom. The third kappa shape index (κ3) is 2.39. The van der Waals surface area contributed by atoms with Gasteiger partial charge >= 0.3 is 0 Å². The van der Waals surface area contributed by atoms with Gasteiger partial charge in [0.05, 0.1) is 6.10 Å². The second-order valence-electron chi connectivity index (χ2n) is 4.12. The molecule has 88 valence electrons. The lowest BCUT2D eigenvalue weighted by Crippen LogP contribution is -2.36. The predicted octanol–water partition coefficient (Wildman–Crippen LogP) is 2.01. The van der Waals surface area contributed by atoms with Gasteiger partial charge in [0.25, 0.3) is 0 Å². The van der Waals surface area contributed by atoms with Crippen molar-refractivity contribution in [2.45, 2.75) is 31.4 Å². The number of ether oxygens (including phenoxy) is 1. The standard InChI is InChI=1S/C12H15F2NO/c13-9-3-1-4-10(14)8(9)7-11(15)12-5-2-6-16-12/h1,3-4,11-12H,2,5-7,15H2. The van der Waals surface area contributed by atoms with E-state index in [0.717, 1.165) is 12.8 Å². The molecule has 0 aliphatic carbocycles. The lowest BCUT2D eigenvalue weighted by atomic mass is 9.99. The van der Waals surface area contributed by atoms with Crippen molar-refractivity contribution in [3.63, 3.8) is 0 Å². The number of hydrogen-bond donors (Lipinski definition) is 1. The molecule has 2 atom stereocenters. The zero-order valence-electron chi connectivity index (χ0n) is 8.96. The molecule has 0 spiro atoms. The minimum absolute atomic E-state index is 0.0606. The molecule has 1 saturated heterocycles. The van der Waals surface area contributed by atoms with Crippen LogP contribution in [0.5, 0.6) is 0 Å². The number of rotatable bonds is 3. The van der Waals surface area contributed by atoms with E-state index in [2.05, 4.69) is 0 Å². The Bertz CT molecular complexity index is 344. The highest BCUT2D eigenvalue weighted by atomic mass is 19.1. The van der Waals surface area contributed by atoms with Gasteiger partial charge in [-0.05, 0) is 31.4 Å². The third-order valence-corrected chi connectivity index (χ3v) is 2.94. The second-order valence-corrected chi connectivity index (χ2v) is 4.12. The van der Waals surface area contributed by atoms with E-state index in [1.807, 2.05) is 0 Å². The first-order valence-corrected chi connectivity index (χ1v) is 5.48. The van der Waals surface area contributed by atoms with E-state index in [1.165, 1.54) is 18.2 Å². The lowest BCUT2D eigenvalue weighted by Gasteiger charge is -2.18. The van der Waals surface area contributed by atoms with Crippen LogP contribution in [0.3, 0.4) is 0 Å². The summed E-state index contributed by atoms with van der Waals surface area (Å²) < 4.78 is 32.1. The summed E-state index contributed by atoms with van der Waals surface area (Å²) in [5, 5.41) is 0. The number of nitrogens with two attached hydrogens (primary N) is 1. The Hall–Kier alpha value is -1.00. The normalized spacial score (nSPS) is 22.3. The molecule has 0 bridgehead atoms. The molecular weight excluding hydrogens is 212 g/mol. The Morgan fingerprint density at radius 3 is 2.62 bits per heavy atom. The van der Waals surface area contributed by atoms with E-state index < -0.39 is 11.6 Å². The lowest BCUT2D eigenvalue weighted by molar-refractivity contribution is 0.0895. The van der Waals surface area contributed by atoms with Crippen LogP contribution in [-0.2, 0) is 11.2 Å². The van der Waals surface area contributed by atoms with Gasteiger partial charge < -0.3 is 10.5 Å². The summed E-state index contributed by atoms with van der Waals surface area (Å²) in [6.45, 7) is 0.693. The summed E-state index contributed by atoms with van der Waals surface area (Å²) in [4.78, 5) is 0. The van der Waals surface area contributed by atoms with Crippen LogP contribution in [0.4, 0.5) is 8.78 Å². The molecule has 1 aliphatic rings. The van der Waals surface area contributed by atoms with Crippen LogP contribution < -0.4 is 5.73 Å². The van der Waals surface area contributed by atoms with E-state index >= 15 is 0 Å². The number of benzene rings is 1. The molecule has 16 heavy (non-hydrogen) atoms. The topological polar surface area (TPSA) is 35.2 Å². The van der Waals surface area contributed by atoms with Crippen LogP contribution in [0.25, 0.3) is 0 Å². The zero-order chi connectivity index (χ0) is 11.5. The highest BCUT2D eigenvalue weighted by Gasteiger charge is 2.24. The monoisotopic (exact) mass is 227 g/mol. The van der Waals surface area contributed by atoms with E-state index in [4.69, 9.17) is 10.5 Å². The molecular formula is C12H15F2NO. The van der Waals surface area contributed by atoms with Crippen molar-refractivity contribution in [1.29, 1.82) is 0 Å². The van der Waals surface area contributed by atoms with Crippen molar-refractivity contribution in [2.24, 2.45) is 5.73 Å². The largest absolute Gasteiger partial charge is 0.377 e. The fourth-order valence-corrected chi connectivity index (χ4v) is 2.03. The first kappa shape index (κ1) is 11.5. The quantitative estimate of drug-likeness (QED) is 0.857. The fourth-order valence-electron chi connectivity index (χ4n) is 2.03. The molecule has 1 fully saturated rings. The third-order valence-electron chi connectivity index (χ3n) is 2.94. The van der Waals surface area contributed by atoms with Crippen LogP contribution in [0.1, 0.15) is 18.4 Å². The minimum Gasteiger partial charge on any atom is -0.377 e. The van der Waals surface area contributed by atoms with E-state index in [-0.39, 0.29) is 24.1 Å². The average molecular weight is 227 g/mol. The van der Waals surface area contributed by atoms with Crippen LogP contribution in [-0.4, -0.2) is 18.8 Å². The summed E-state index contributed by atoms with van der Waals surface area (Å²) in [5.74, 6) is -1.07. The highest BCUT2D eigenvalue weighted by Crippen LogP contribution is 2.20. The van der Waals surface area contributed by atoms with Crippen LogP contribution in [0.15, 0.2) is 18.2 Å².